The van der Waals surface area contributed by atoms with Gasteiger partial charge in [-0.3, -0.25) is 0 Å². The summed E-state index contributed by atoms with van der Waals surface area (Å²) in [4.78, 5) is 0. The molecule has 0 amide bonds. The molecule has 0 heterocycles. The van der Waals surface area contributed by atoms with E-state index in [-0.39, 0.29) is 0 Å². The largest absolute Gasteiger partial charge is 0.376 e. The number of hydrogen-bond donors (Lipinski definition) is 2. The Morgan fingerprint density at radius 1 is 1.50 bits per heavy atom. The highest BCUT2D eigenvalue weighted by molar-refractivity contribution is 4.68. The van der Waals surface area contributed by atoms with Gasteiger partial charge in [-0.05, 0) is 25.2 Å². The maximum absolute atomic E-state index is 9.35. The molecule has 0 fully saturated rings. The molecule has 0 aliphatic rings. The van der Waals surface area contributed by atoms with Crippen LogP contribution in [0.2, 0.25) is 0 Å². The van der Waals surface area contributed by atoms with Gasteiger partial charge in [0.1, 0.15) is 5.72 Å². The fourth-order valence-corrected chi connectivity index (χ4v) is 0.715. The molecule has 0 rings (SSSR count). The van der Waals surface area contributed by atoms with Crippen molar-refractivity contribution in [2.75, 3.05) is 0 Å². The monoisotopic (exact) mass is 145 g/mol. The molecular weight excluding hydrogens is 126 g/mol. The molecule has 0 radical (unpaired) electrons. The normalized spacial score (nSPS) is 17.4. The maximum Gasteiger partial charge on any atom is 0.113 e. The average molecular weight is 145 g/mol. The summed E-state index contributed by atoms with van der Waals surface area (Å²) in [5, 5.41) is 9.35. The van der Waals surface area contributed by atoms with E-state index >= 15 is 0 Å². The second kappa shape index (κ2) is 3.94. The molecule has 0 aliphatic carbocycles. The topological polar surface area (TPSA) is 46.2 Å². The smallest absolute Gasteiger partial charge is 0.113 e. The standard InChI is InChI=1S/C8H19NO/c1-4-8(9,10)6-5-7(2)3/h7,10H,4-6,9H2,1-3H3. The van der Waals surface area contributed by atoms with Crippen LogP contribution in [0.15, 0.2) is 0 Å². The predicted molar refractivity (Wildman–Crippen MR) is 43.5 cm³/mol. The number of aliphatic hydroxyl groups is 1. The first-order valence-corrected chi connectivity index (χ1v) is 3.99. The Balaban J connectivity index is 3.46. The lowest BCUT2D eigenvalue weighted by Crippen LogP contribution is -2.38. The van der Waals surface area contributed by atoms with Crippen LogP contribution in [-0.4, -0.2) is 10.8 Å². The SMILES string of the molecule is CCC(N)(O)CCC(C)C. The minimum atomic E-state index is -0.926. The van der Waals surface area contributed by atoms with Crippen molar-refractivity contribution in [2.45, 2.75) is 45.8 Å². The van der Waals surface area contributed by atoms with Gasteiger partial charge in [-0.2, -0.15) is 0 Å². The molecule has 0 saturated heterocycles. The van der Waals surface area contributed by atoms with Crippen molar-refractivity contribution in [2.24, 2.45) is 11.7 Å². The fourth-order valence-electron chi connectivity index (χ4n) is 0.715. The van der Waals surface area contributed by atoms with E-state index < -0.39 is 5.72 Å². The molecule has 0 aromatic rings. The van der Waals surface area contributed by atoms with Gasteiger partial charge in [-0.1, -0.05) is 20.8 Å². The van der Waals surface area contributed by atoms with Gasteiger partial charge < -0.3 is 10.8 Å². The molecule has 0 aromatic heterocycles. The van der Waals surface area contributed by atoms with Crippen LogP contribution in [0.3, 0.4) is 0 Å². The first-order chi connectivity index (χ1) is 4.48. The van der Waals surface area contributed by atoms with E-state index in [0.717, 1.165) is 6.42 Å². The summed E-state index contributed by atoms with van der Waals surface area (Å²) in [5.74, 6) is 0.627. The summed E-state index contributed by atoms with van der Waals surface area (Å²) < 4.78 is 0. The molecule has 0 aromatic carbocycles. The Kier molecular flexibility index (Phi) is 3.91. The van der Waals surface area contributed by atoms with Crippen LogP contribution < -0.4 is 5.73 Å². The lowest BCUT2D eigenvalue weighted by Gasteiger charge is -2.21. The molecule has 0 saturated carbocycles. The van der Waals surface area contributed by atoms with Crippen LogP contribution in [0.25, 0.3) is 0 Å². The lowest BCUT2D eigenvalue weighted by atomic mass is 9.99. The van der Waals surface area contributed by atoms with Gasteiger partial charge in [0.25, 0.3) is 0 Å². The van der Waals surface area contributed by atoms with Crippen molar-refractivity contribution in [3.8, 4) is 0 Å². The average Bonchev–Trinajstić information content (AvgIpc) is 1.85. The fraction of sp³-hybridized carbons (Fsp3) is 1.00. The van der Waals surface area contributed by atoms with Gasteiger partial charge in [0.15, 0.2) is 0 Å². The number of hydrogen-bond acceptors (Lipinski definition) is 2. The van der Waals surface area contributed by atoms with Crippen molar-refractivity contribution < 1.29 is 5.11 Å². The number of rotatable bonds is 4. The third-order valence-corrected chi connectivity index (χ3v) is 1.77. The summed E-state index contributed by atoms with van der Waals surface area (Å²) in [6, 6.07) is 0. The highest BCUT2D eigenvalue weighted by Crippen LogP contribution is 2.14. The van der Waals surface area contributed by atoms with Crippen LogP contribution in [0.5, 0.6) is 0 Å². The van der Waals surface area contributed by atoms with Gasteiger partial charge in [0.05, 0.1) is 0 Å². The lowest BCUT2D eigenvalue weighted by molar-refractivity contribution is 0.0289. The minimum Gasteiger partial charge on any atom is -0.376 e. The highest BCUT2D eigenvalue weighted by Gasteiger charge is 2.17. The molecule has 2 heteroatoms. The van der Waals surface area contributed by atoms with E-state index in [4.69, 9.17) is 5.73 Å². The van der Waals surface area contributed by atoms with E-state index in [2.05, 4.69) is 13.8 Å². The summed E-state index contributed by atoms with van der Waals surface area (Å²) in [6.45, 7) is 6.16. The van der Waals surface area contributed by atoms with E-state index in [1.165, 1.54) is 0 Å². The third-order valence-electron chi connectivity index (χ3n) is 1.77. The van der Waals surface area contributed by atoms with Crippen molar-refractivity contribution >= 4 is 0 Å². The molecule has 1 atom stereocenters. The van der Waals surface area contributed by atoms with E-state index in [1.807, 2.05) is 6.92 Å². The first kappa shape index (κ1) is 9.92. The molecule has 3 N–H and O–H groups in total. The summed E-state index contributed by atoms with van der Waals surface area (Å²) in [5.41, 5.74) is 4.59. The molecule has 2 nitrogen and oxygen atoms in total. The molecule has 0 aliphatic heterocycles. The van der Waals surface area contributed by atoms with Gasteiger partial charge in [0, 0.05) is 0 Å². The van der Waals surface area contributed by atoms with Crippen LogP contribution >= 0.6 is 0 Å². The van der Waals surface area contributed by atoms with Gasteiger partial charge in [-0.25, -0.2) is 0 Å². The Labute approximate surface area is 63.4 Å². The van der Waals surface area contributed by atoms with Crippen molar-refractivity contribution in [3.63, 3.8) is 0 Å². The molecule has 0 spiro atoms. The zero-order valence-electron chi connectivity index (χ0n) is 7.22. The molecule has 0 bridgehead atoms. The zero-order chi connectivity index (χ0) is 8.20. The molecule has 10 heavy (non-hydrogen) atoms. The van der Waals surface area contributed by atoms with Crippen molar-refractivity contribution in [3.05, 3.63) is 0 Å². The highest BCUT2D eigenvalue weighted by atomic mass is 16.3. The van der Waals surface area contributed by atoms with Gasteiger partial charge >= 0.3 is 0 Å². The Bertz CT molecular complexity index is 89.3. The Morgan fingerprint density at radius 2 is 2.00 bits per heavy atom. The predicted octanol–water partition coefficient (Wildman–Crippen LogP) is 1.48. The maximum atomic E-state index is 9.35. The Hall–Kier alpha value is -0.0800. The van der Waals surface area contributed by atoms with Crippen LogP contribution in [0.1, 0.15) is 40.0 Å². The zero-order valence-corrected chi connectivity index (χ0v) is 7.22. The van der Waals surface area contributed by atoms with E-state index in [0.29, 0.717) is 18.8 Å². The van der Waals surface area contributed by atoms with E-state index in [9.17, 15) is 5.11 Å². The third kappa shape index (κ3) is 4.77. The van der Waals surface area contributed by atoms with Crippen LogP contribution in [0, 0.1) is 5.92 Å². The number of nitrogens with two attached hydrogens (primary N) is 1. The molecule has 62 valence electrons. The van der Waals surface area contributed by atoms with Gasteiger partial charge in [-0.15, -0.1) is 0 Å². The van der Waals surface area contributed by atoms with Crippen molar-refractivity contribution in [1.82, 2.24) is 0 Å². The summed E-state index contributed by atoms with van der Waals surface area (Å²) in [6.07, 6.45) is 2.35. The summed E-state index contributed by atoms with van der Waals surface area (Å²) >= 11 is 0. The summed E-state index contributed by atoms with van der Waals surface area (Å²) in [7, 11) is 0. The molecule has 1 unspecified atom stereocenters. The minimum absolute atomic E-state index is 0.627. The molecular formula is C8H19NO. The van der Waals surface area contributed by atoms with E-state index in [1.54, 1.807) is 0 Å². The second-order valence-corrected chi connectivity index (χ2v) is 3.39. The second-order valence-electron chi connectivity index (χ2n) is 3.39. The Morgan fingerprint density at radius 3 is 2.30 bits per heavy atom. The van der Waals surface area contributed by atoms with Crippen LogP contribution in [0.4, 0.5) is 0 Å². The van der Waals surface area contributed by atoms with Gasteiger partial charge in [0.2, 0.25) is 0 Å². The van der Waals surface area contributed by atoms with Crippen molar-refractivity contribution in [1.29, 1.82) is 0 Å². The first-order valence-electron chi connectivity index (χ1n) is 3.99. The van der Waals surface area contributed by atoms with Crippen LogP contribution in [-0.2, 0) is 0 Å². The quantitative estimate of drug-likeness (QED) is 0.588.